The van der Waals surface area contributed by atoms with Crippen LogP contribution in [0.15, 0.2) is 66.5 Å². The molecule has 12 heteroatoms. The van der Waals surface area contributed by atoms with E-state index in [-0.39, 0.29) is 11.6 Å². The fraction of sp³-hybridized carbons (Fsp3) is 0.348. The van der Waals surface area contributed by atoms with Crippen molar-refractivity contribution in [3.63, 3.8) is 0 Å². The fourth-order valence-electron chi connectivity index (χ4n) is 3.96. The van der Waals surface area contributed by atoms with Gasteiger partial charge in [-0.05, 0) is 64.5 Å². The number of hydrogen-bond acceptors (Lipinski definition) is 8. The molecule has 0 fully saturated rings. The maximum atomic E-state index is 13.3. The van der Waals surface area contributed by atoms with E-state index in [0.29, 0.717) is 18.7 Å². The SMILES string of the molecule is CNC1(CCN(C)C)C=C(OC(F)(F)F)C(Nc2nccc(-c3cnn4ccccc34)n2)=CC1N. The van der Waals surface area contributed by atoms with Crippen LogP contribution < -0.4 is 16.4 Å². The summed E-state index contributed by atoms with van der Waals surface area (Å²) in [5.74, 6) is -0.310. The number of likely N-dealkylation sites (N-methyl/N-ethyl adjacent to an activating group) is 1. The van der Waals surface area contributed by atoms with Gasteiger partial charge >= 0.3 is 6.36 Å². The van der Waals surface area contributed by atoms with Gasteiger partial charge in [0.2, 0.25) is 5.95 Å². The predicted octanol–water partition coefficient (Wildman–Crippen LogP) is 2.76. The molecule has 0 spiro atoms. The Morgan fingerprint density at radius 3 is 2.77 bits per heavy atom. The van der Waals surface area contributed by atoms with E-state index in [1.54, 1.807) is 23.8 Å². The summed E-state index contributed by atoms with van der Waals surface area (Å²) in [5, 5.41) is 10.2. The number of hydrogen-bond donors (Lipinski definition) is 3. The number of pyridine rings is 1. The van der Waals surface area contributed by atoms with Gasteiger partial charge < -0.3 is 26.0 Å². The lowest BCUT2D eigenvalue weighted by molar-refractivity contribution is -0.304. The summed E-state index contributed by atoms with van der Waals surface area (Å²) in [6, 6.07) is 6.69. The molecule has 35 heavy (non-hydrogen) atoms. The van der Waals surface area contributed by atoms with Crippen LogP contribution in [0.4, 0.5) is 19.1 Å². The molecule has 0 aliphatic heterocycles. The van der Waals surface area contributed by atoms with Crippen molar-refractivity contribution in [1.82, 2.24) is 29.8 Å². The first kappa shape index (κ1) is 24.6. The summed E-state index contributed by atoms with van der Waals surface area (Å²) >= 11 is 0. The second-order valence-electron chi connectivity index (χ2n) is 8.49. The molecule has 3 aromatic rings. The lowest BCUT2D eigenvalue weighted by atomic mass is 9.82. The van der Waals surface area contributed by atoms with Gasteiger partial charge in [-0.15, -0.1) is 13.2 Å². The molecule has 2 unspecified atom stereocenters. The molecule has 0 radical (unpaired) electrons. The smallest absolute Gasteiger partial charge is 0.404 e. The summed E-state index contributed by atoms with van der Waals surface area (Å²) < 4.78 is 46.0. The molecular formula is C23H27F3N8O. The van der Waals surface area contributed by atoms with Crippen LogP contribution >= 0.6 is 0 Å². The molecule has 3 heterocycles. The second kappa shape index (κ2) is 9.64. The van der Waals surface area contributed by atoms with Crippen LogP contribution in [0.1, 0.15) is 6.42 Å². The molecule has 3 aromatic heterocycles. The Morgan fingerprint density at radius 2 is 2.06 bits per heavy atom. The number of anilines is 1. The van der Waals surface area contributed by atoms with Crippen LogP contribution in [0.3, 0.4) is 0 Å². The van der Waals surface area contributed by atoms with Gasteiger partial charge in [-0.1, -0.05) is 6.07 Å². The van der Waals surface area contributed by atoms with Gasteiger partial charge in [0.1, 0.15) is 0 Å². The molecule has 0 saturated carbocycles. The molecule has 9 nitrogen and oxygen atoms in total. The van der Waals surface area contributed by atoms with Gasteiger partial charge in [-0.2, -0.15) is 5.10 Å². The number of nitrogens with one attached hydrogen (secondary N) is 2. The quantitative estimate of drug-likeness (QED) is 0.445. The maximum absolute atomic E-state index is 13.3. The average molecular weight is 489 g/mol. The van der Waals surface area contributed by atoms with Gasteiger partial charge in [0.05, 0.1) is 28.6 Å². The normalized spacial score (nSPS) is 20.6. The van der Waals surface area contributed by atoms with Crippen LogP contribution in [-0.2, 0) is 4.74 Å². The summed E-state index contributed by atoms with van der Waals surface area (Å²) in [7, 11) is 5.42. The van der Waals surface area contributed by atoms with Crippen molar-refractivity contribution in [3.05, 3.63) is 66.5 Å². The van der Waals surface area contributed by atoms with E-state index in [4.69, 9.17) is 5.73 Å². The number of aromatic nitrogens is 4. The molecule has 2 atom stereocenters. The zero-order valence-electron chi connectivity index (χ0n) is 19.5. The molecule has 1 aliphatic carbocycles. The van der Waals surface area contributed by atoms with Crippen LogP contribution in [0.25, 0.3) is 16.8 Å². The number of ether oxygens (including phenoxy) is 1. The number of halogens is 3. The van der Waals surface area contributed by atoms with Gasteiger partial charge in [-0.25, -0.2) is 14.5 Å². The van der Waals surface area contributed by atoms with E-state index >= 15 is 0 Å². The zero-order valence-corrected chi connectivity index (χ0v) is 19.5. The van der Waals surface area contributed by atoms with Crippen LogP contribution in [0.5, 0.6) is 0 Å². The van der Waals surface area contributed by atoms with E-state index in [2.05, 4.69) is 30.4 Å². The Bertz CT molecular complexity index is 1250. The minimum atomic E-state index is -4.89. The molecular weight excluding hydrogens is 461 g/mol. The zero-order chi connectivity index (χ0) is 25.2. The van der Waals surface area contributed by atoms with Crippen molar-refractivity contribution in [2.45, 2.75) is 24.4 Å². The standard InChI is InChI=1S/C23H27F3N8O/c1-28-22(8-11-33(2)3)13-19(35-23(24,25)26)17(12-20(22)27)32-21-29-9-7-16(31-21)15-14-30-34-10-5-4-6-18(15)34/h4-7,9-10,12-14,20,28H,8,11,27H2,1-3H3,(H,29,31,32). The summed E-state index contributed by atoms with van der Waals surface area (Å²) in [4.78, 5) is 10.6. The highest BCUT2D eigenvalue weighted by atomic mass is 19.4. The largest absolute Gasteiger partial charge is 0.573 e. The number of fused-ring (bicyclic) bond motifs is 1. The Morgan fingerprint density at radius 1 is 1.26 bits per heavy atom. The Balaban J connectivity index is 1.66. The third-order valence-corrected chi connectivity index (χ3v) is 5.86. The van der Waals surface area contributed by atoms with Crippen LogP contribution in [0.2, 0.25) is 0 Å². The number of rotatable bonds is 8. The molecule has 0 amide bonds. The number of nitrogens with two attached hydrogens (primary N) is 1. The van der Waals surface area contributed by atoms with Crippen LogP contribution in [-0.4, -0.2) is 70.1 Å². The third-order valence-electron chi connectivity index (χ3n) is 5.86. The number of alkyl halides is 3. The van der Waals surface area contributed by atoms with Crippen molar-refractivity contribution >= 4 is 11.5 Å². The summed E-state index contributed by atoms with van der Waals surface area (Å²) in [6.45, 7) is 0.603. The average Bonchev–Trinajstić information content (AvgIpc) is 3.24. The molecule has 1 aliphatic rings. The first-order valence-electron chi connectivity index (χ1n) is 10.9. The first-order valence-corrected chi connectivity index (χ1v) is 10.9. The highest BCUT2D eigenvalue weighted by Crippen LogP contribution is 2.34. The van der Waals surface area contributed by atoms with E-state index < -0.39 is 23.7 Å². The Labute approximate surface area is 200 Å². The highest BCUT2D eigenvalue weighted by Gasteiger charge is 2.41. The Hall–Kier alpha value is -3.48. The molecule has 0 saturated heterocycles. The summed E-state index contributed by atoms with van der Waals surface area (Å²) in [5.41, 5.74) is 7.66. The van der Waals surface area contributed by atoms with Crippen molar-refractivity contribution in [1.29, 1.82) is 0 Å². The maximum Gasteiger partial charge on any atom is 0.573 e. The lowest BCUT2D eigenvalue weighted by Crippen LogP contribution is -2.58. The van der Waals surface area contributed by atoms with Crippen LogP contribution in [0, 0.1) is 0 Å². The monoisotopic (exact) mass is 488 g/mol. The fourth-order valence-corrected chi connectivity index (χ4v) is 3.96. The van der Waals surface area contributed by atoms with E-state index in [0.717, 1.165) is 11.1 Å². The van der Waals surface area contributed by atoms with Crippen molar-refractivity contribution in [2.75, 3.05) is 33.0 Å². The molecule has 0 bridgehead atoms. The minimum Gasteiger partial charge on any atom is -0.404 e. The topological polar surface area (TPSA) is 106 Å². The second-order valence-corrected chi connectivity index (χ2v) is 8.49. The Kier molecular flexibility index (Phi) is 6.79. The molecule has 4 N–H and O–H groups in total. The van der Waals surface area contributed by atoms with Gasteiger partial charge in [0.15, 0.2) is 5.76 Å². The predicted molar refractivity (Wildman–Crippen MR) is 126 cm³/mol. The lowest BCUT2D eigenvalue weighted by Gasteiger charge is -2.39. The van der Waals surface area contributed by atoms with Gasteiger partial charge in [0, 0.05) is 24.0 Å². The van der Waals surface area contributed by atoms with E-state index in [1.165, 1.54) is 18.3 Å². The van der Waals surface area contributed by atoms with Gasteiger partial charge in [0.25, 0.3) is 0 Å². The highest BCUT2D eigenvalue weighted by molar-refractivity contribution is 5.77. The van der Waals surface area contributed by atoms with Crippen molar-refractivity contribution < 1.29 is 17.9 Å². The molecule has 4 rings (SSSR count). The first-order chi connectivity index (χ1) is 16.6. The summed E-state index contributed by atoms with van der Waals surface area (Å²) in [6.07, 6.45) is 3.44. The van der Waals surface area contributed by atoms with E-state index in [1.807, 2.05) is 43.4 Å². The molecule has 186 valence electrons. The van der Waals surface area contributed by atoms with Crippen molar-refractivity contribution in [3.8, 4) is 11.3 Å². The third kappa shape index (κ3) is 5.45. The van der Waals surface area contributed by atoms with Crippen molar-refractivity contribution in [2.24, 2.45) is 5.73 Å². The van der Waals surface area contributed by atoms with E-state index in [9.17, 15) is 13.2 Å². The van der Waals surface area contributed by atoms with Gasteiger partial charge in [-0.3, -0.25) is 0 Å². The minimum absolute atomic E-state index is 0.0302. The molecule has 0 aromatic carbocycles. The number of nitrogens with zero attached hydrogens (tertiary/aromatic N) is 5.